The first kappa shape index (κ1) is 26.7. The number of allylic oxidation sites excluding steroid dienone is 3. The highest BCUT2D eigenvalue weighted by molar-refractivity contribution is 7.98. The number of aromatic nitrogens is 1. The van der Waals surface area contributed by atoms with E-state index in [-0.39, 0.29) is 24.9 Å². The van der Waals surface area contributed by atoms with E-state index in [0.29, 0.717) is 34.3 Å². The maximum atomic E-state index is 13.3. The molecule has 36 heavy (non-hydrogen) atoms. The molecule has 0 aliphatic carbocycles. The Hall–Kier alpha value is -3.85. The standard InChI is InChI=1S/C27H33N5O3S/c1-4-17(10-9-13-28)19-14-21-23(20(25(19)33)15-31-27(29)30)24(26(34)35-5-2)22(32(21)3)16-36-18-11-7-6-8-12-18/h6-14,33H,4-5,15-16,28H2,1-3H3,(H4,29,30,31)/b13-9-,17-10+. The highest BCUT2D eigenvalue weighted by Gasteiger charge is 2.28. The van der Waals surface area contributed by atoms with Crippen molar-refractivity contribution in [3.63, 3.8) is 0 Å². The molecule has 0 spiro atoms. The monoisotopic (exact) mass is 507 g/mol. The number of guanidine groups is 1. The van der Waals surface area contributed by atoms with Gasteiger partial charge in [0.2, 0.25) is 0 Å². The molecule has 0 unspecified atom stereocenters. The number of aromatic hydroxyl groups is 1. The van der Waals surface area contributed by atoms with Crippen LogP contribution in [0.5, 0.6) is 5.75 Å². The lowest BCUT2D eigenvalue weighted by Crippen LogP contribution is -2.22. The third kappa shape index (κ3) is 5.68. The Balaban J connectivity index is 2.35. The van der Waals surface area contributed by atoms with E-state index in [4.69, 9.17) is 21.9 Å². The lowest BCUT2D eigenvalue weighted by molar-refractivity contribution is 0.0527. The third-order valence-electron chi connectivity index (χ3n) is 5.84. The van der Waals surface area contributed by atoms with Gasteiger partial charge in [-0.05, 0) is 49.4 Å². The van der Waals surface area contributed by atoms with Gasteiger partial charge in [0.25, 0.3) is 0 Å². The quantitative estimate of drug-likeness (QED) is 0.105. The van der Waals surface area contributed by atoms with E-state index in [9.17, 15) is 9.90 Å². The van der Waals surface area contributed by atoms with Gasteiger partial charge in [-0.2, -0.15) is 0 Å². The molecule has 190 valence electrons. The lowest BCUT2D eigenvalue weighted by atomic mass is 9.94. The molecular weight excluding hydrogens is 474 g/mol. The predicted molar refractivity (Wildman–Crippen MR) is 148 cm³/mol. The number of nitrogens with zero attached hydrogens (tertiary/aromatic N) is 2. The maximum absolute atomic E-state index is 13.3. The number of rotatable bonds is 10. The Labute approximate surface area is 215 Å². The fraction of sp³-hybridized carbons (Fsp3) is 0.259. The fourth-order valence-electron chi connectivity index (χ4n) is 4.11. The molecule has 1 aromatic heterocycles. The van der Waals surface area contributed by atoms with Crippen LogP contribution in [0.3, 0.4) is 0 Å². The largest absolute Gasteiger partial charge is 0.507 e. The van der Waals surface area contributed by atoms with Crippen molar-refractivity contribution < 1.29 is 14.6 Å². The molecule has 8 nitrogen and oxygen atoms in total. The van der Waals surface area contributed by atoms with E-state index in [1.807, 2.05) is 61.0 Å². The van der Waals surface area contributed by atoms with Crippen molar-refractivity contribution in [2.45, 2.75) is 37.5 Å². The molecule has 0 saturated carbocycles. The number of phenols is 1. The zero-order chi connectivity index (χ0) is 26.2. The van der Waals surface area contributed by atoms with Gasteiger partial charge in [0.1, 0.15) is 5.75 Å². The highest BCUT2D eigenvalue weighted by atomic mass is 32.2. The van der Waals surface area contributed by atoms with Gasteiger partial charge >= 0.3 is 5.97 Å². The Morgan fingerprint density at radius 3 is 2.56 bits per heavy atom. The van der Waals surface area contributed by atoms with Crippen molar-refractivity contribution in [1.29, 1.82) is 0 Å². The number of thioether (sulfide) groups is 1. The highest BCUT2D eigenvalue weighted by Crippen LogP contribution is 2.41. The Bertz CT molecular complexity index is 1320. The first-order valence-corrected chi connectivity index (χ1v) is 12.7. The molecule has 0 fully saturated rings. The number of benzene rings is 2. The molecule has 3 rings (SSSR count). The van der Waals surface area contributed by atoms with Crippen molar-refractivity contribution >= 4 is 40.2 Å². The van der Waals surface area contributed by atoms with Crippen molar-refractivity contribution in [3.8, 4) is 5.75 Å². The van der Waals surface area contributed by atoms with Crippen LogP contribution >= 0.6 is 11.8 Å². The number of aliphatic imine (C=N–C) groups is 1. The van der Waals surface area contributed by atoms with Crippen molar-refractivity contribution in [2.75, 3.05) is 6.61 Å². The third-order valence-corrected chi connectivity index (χ3v) is 6.86. The van der Waals surface area contributed by atoms with Gasteiger partial charge in [0, 0.05) is 39.9 Å². The number of hydrogen-bond acceptors (Lipinski definition) is 6. The van der Waals surface area contributed by atoms with Gasteiger partial charge in [0.05, 0.1) is 24.2 Å². The summed E-state index contributed by atoms with van der Waals surface area (Å²) in [7, 11) is 1.91. The summed E-state index contributed by atoms with van der Waals surface area (Å²) in [5.74, 6) is -0.0292. The zero-order valence-corrected chi connectivity index (χ0v) is 21.6. The summed E-state index contributed by atoms with van der Waals surface area (Å²) < 4.78 is 7.43. The Morgan fingerprint density at radius 1 is 1.22 bits per heavy atom. The summed E-state index contributed by atoms with van der Waals surface area (Å²) >= 11 is 1.61. The first-order chi connectivity index (χ1) is 17.3. The van der Waals surface area contributed by atoms with E-state index < -0.39 is 5.97 Å². The second-order valence-corrected chi connectivity index (χ2v) is 9.07. The minimum absolute atomic E-state index is 0.00388. The number of nitrogens with two attached hydrogens (primary N) is 3. The minimum Gasteiger partial charge on any atom is -0.507 e. The second kappa shape index (κ2) is 12.2. The molecule has 0 radical (unpaired) electrons. The average Bonchev–Trinajstić information content (AvgIpc) is 3.14. The van der Waals surface area contributed by atoms with E-state index in [2.05, 4.69) is 4.99 Å². The molecule has 2 aromatic carbocycles. The average molecular weight is 508 g/mol. The van der Waals surface area contributed by atoms with Crippen molar-refractivity contribution in [1.82, 2.24) is 4.57 Å². The number of carbonyl (C=O) groups excluding carboxylic acids is 1. The van der Waals surface area contributed by atoms with Crippen LogP contribution in [0, 0.1) is 0 Å². The van der Waals surface area contributed by atoms with E-state index in [1.54, 1.807) is 24.8 Å². The van der Waals surface area contributed by atoms with Crippen LogP contribution in [0.1, 0.15) is 47.4 Å². The van der Waals surface area contributed by atoms with Crippen LogP contribution < -0.4 is 17.2 Å². The van der Waals surface area contributed by atoms with Crippen molar-refractivity contribution in [2.24, 2.45) is 29.2 Å². The summed E-state index contributed by atoms with van der Waals surface area (Å²) in [6.07, 6.45) is 5.66. The number of esters is 1. The summed E-state index contributed by atoms with van der Waals surface area (Å²) in [4.78, 5) is 18.5. The summed E-state index contributed by atoms with van der Waals surface area (Å²) in [5, 5.41) is 12.0. The lowest BCUT2D eigenvalue weighted by Gasteiger charge is -2.14. The molecule has 3 aromatic rings. The van der Waals surface area contributed by atoms with Crippen molar-refractivity contribution in [3.05, 3.63) is 77.1 Å². The molecular formula is C27H33N5O3S. The molecule has 0 saturated heterocycles. The minimum atomic E-state index is -0.456. The van der Waals surface area contributed by atoms with Crippen LogP contribution in [0.25, 0.3) is 16.5 Å². The number of carbonyl (C=O) groups is 1. The predicted octanol–water partition coefficient (Wildman–Crippen LogP) is 4.39. The van der Waals surface area contributed by atoms with Crippen LogP contribution in [-0.2, 0) is 24.1 Å². The van der Waals surface area contributed by atoms with Gasteiger partial charge in [-0.1, -0.05) is 31.2 Å². The summed E-state index contributed by atoms with van der Waals surface area (Å²) in [5.41, 5.74) is 20.7. The zero-order valence-electron chi connectivity index (χ0n) is 20.8. The Kier molecular flexibility index (Phi) is 9.08. The first-order valence-electron chi connectivity index (χ1n) is 11.7. The van der Waals surface area contributed by atoms with E-state index >= 15 is 0 Å². The van der Waals surface area contributed by atoms with Gasteiger partial charge < -0.3 is 31.6 Å². The topological polar surface area (TPSA) is 142 Å². The van der Waals surface area contributed by atoms with Crippen LogP contribution in [0.15, 0.2) is 64.6 Å². The van der Waals surface area contributed by atoms with Crippen LogP contribution in [0.4, 0.5) is 0 Å². The maximum Gasteiger partial charge on any atom is 0.340 e. The SMILES string of the molecule is CCOC(=O)c1c(CSc2ccccc2)n(C)c2cc(/C(=C/C=C\N)CC)c(O)c(CN=C(N)N)c12. The van der Waals surface area contributed by atoms with Crippen LogP contribution in [-0.4, -0.2) is 28.2 Å². The van der Waals surface area contributed by atoms with Gasteiger partial charge in [0.15, 0.2) is 5.96 Å². The van der Waals surface area contributed by atoms with Gasteiger partial charge in [-0.15, -0.1) is 11.8 Å². The van der Waals surface area contributed by atoms with E-state index in [1.165, 1.54) is 6.20 Å². The smallest absolute Gasteiger partial charge is 0.340 e. The number of phenolic OH excluding ortho intramolecular Hbond substituents is 1. The van der Waals surface area contributed by atoms with Gasteiger partial charge in [-0.3, -0.25) is 0 Å². The molecule has 9 heteroatoms. The molecule has 0 amide bonds. The second-order valence-electron chi connectivity index (χ2n) is 8.02. The fourth-order valence-corrected chi connectivity index (χ4v) is 5.10. The number of fused-ring (bicyclic) bond motifs is 1. The van der Waals surface area contributed by atoms with Crippen LogP contribution in [0.2, 0.25) is 0 Å². The molecule has 0 bridgehead atoms. The van der Waals surface area contributed by atoms with Gasteiger partial charge in [-0.25, -0.2) is 9.79 Å². The summed E-state index contributed by atoms with van der Waals surface area (Å²) in [6, 6.07) is 11.8. The number of hydrogen-bond donors (Lipinski definition) is 4. The Morgan fingerprint density at radius 2 is 1.94 bits per heavy atom. The molecule has 0 aliphatic rings. The number of aryl methyl sites for hydroxylation is 1. The summed E-state index contributed by atoms with van der Waals surface area (Å²) in [6.45, 7) is 3.99. The van der Waals surface area contributed by atoms with E-state index in [0.717, 1.165) is 21.7 Å². The molecule has 0 aliphatic heterocycles. The molecule has 1 heterocycles. The molecule has 7 N–H and O–H groups in total. The number of ether oxygens (including phenoxy) is 1. The normalized spacial score (nSPS) is 11.8. The molecule has 0 atom stereocenters.